The number of aromatic hydroxyl groups is 1. The molecule has 2 aromatic heterocycles. The Kier molecular flexibility index (Phi) is 6.52. The summed E-state index contributed by atoms with van der Waals surface area (Å²) in [5, 5.41) is 17.3. The van der Waals surface area contributed by atoms with E-state index in [1.165, 1.54) is 23.0 Å². The molecule has 24 heavy (non-hydrogen) atoms. The van der Waals surface area contributed by atoms with Gasteiger partial charge in [0.15, 0.2) is 11.2 Å². The van der Waals surface area contributed by atoms with Crippen LogP contribution in [0.2, 0.25) is 0 Å². The van der Waals surface area contributed by atoms with Gasteiger partial charge < -0.3 is 16.2 Å². The maximum absolute atomic E-state index is 11.3. The molecule has 0 saturated carbocycles. The van der Waals surface area contributed by atoms with Crippen molar-refractivity contribution in [3.63, 3.8) is 0 Å². The molecule has 3 N–H and O–H groups in total. The zero-order chi connectivity index (χ0) is 17.1. The van der Waals surface area contributed by atoms with Crippen molar-refractivity contribution < 1.29 is 46.0 Å². The van der Waals surface area contributed by atoms with Gasteiger partial charge in [-0.15, -0.1) is 0 Å². The number of imidazole rings is 1. The number of phenols is 1. The van der Waals surface area contributed by atoms with Gasteiger partial charge in [0, 0.05) is 14.1 Å². The Morgan fingerprint density at radius 1 is 1.25 bits per heavy atom. The van der Waals surface area contributed by atoms with Gasteiger partial charge in [-0.25, -0.2) is 14.6 Å². The summed E-state index contributed by atoms with van der Waals surface area (Å²) in [4.78, 5) is 38.8. The average Bonchev–Trinajstić information content (AvgIpc) is 2.88. The fraction of sp³-hybridized carbons (Fsp3) is 0.143. The van der Waals surface area contributed by atoms with Crippen LogP contribution in [0.15, 0.2) is 40.2 Å². The van der Waals surface area contributed by atoms with Crippen molar-refractivity contribution in [3.8, 4) is 5.75 Å². The number of carboxylic acids is 1. The van der Waals surface area contributed by atoms with E-state index >= 15 is 0 Å². The van der Waals surface area contributed by atoms with Crippen molar-refractivity contribution in [1.82, 2.24) is 19.1 Å². The van der Waals surface area contributed by atoms with Crippen LogP contribution in [0, 0.1) is 0 Å². The predicted octanol–water partition coefficient (Wildman–Crippen LogP) is -2.83. The van der Waals surface area contributed by atoms with Gasteiger partial charge in [-0.05, 0) is 12.1 Å². The molecule has 0 amide bonds. The third-order valence-corrected chi connectivity index (χ3v) is 3.11. The number of nitrogens with zero attached hydrogens (tertiary/aromatic N) is 3. The molecule has 2 heterocycles. The van der Waals surface area contributed by atoms with Crippen LogP contribution in [-0.4, -0.2) is 35.3 Å². The SMILES string of the molecule is Cn1cnc2c1c(=O)[nH]c(=O)n2C.O=C(O)c1ccccc1O.[H-].[Na+]. The molecule has 3 aromatic rings. The van der Waals surface area contributed by atoms with Gasteiger partial charge in [0.1, 0.15) is 11.3 Å². The van der Waals surface area contributed by atoms with Crippen molar-refractivity contribution >= 4 is 17.1 Å². The second-order valence-corrected chi connectivity index (χ2v) is 4.67. The molecule has 0 atom stereocenters. The summed E-state index contributed by atoms with van der Waals surface area (Å²) in [6.07, 6.45) is 1.50. The Labute approximate surface area is 159 Å². The molecule has 1 aromatic carbocycles. The van der Waals surface area contributed by atoms with E-state index in [-0.39, 0.29) is 42.3 Å². The van der Waals surface area contributed by atoms with Crippen LogP contribution in [0.25, 0.3) is 11.2 Å². The number of nitrogens with one attached hydrogen (secondary N) is 1. The quantitative estimate of drug-likeness (QED) is 0.409. The van der Waals surface area contributed by atoms with Crippen LogP contribution in [0.4, 0.5) is 0 Å². The van der Waals surface area contributed by atoms with E-state index in [9.17, 15) is 14.4 Å². The Balaban J connectivity index is 0.000000440. The molecule has 10 heteroatoms. The van der Waals surface area contributed by atoms with E-state index in [2.05, 4.69) is 9.97 Å². The summed E-state index contributed by atoms with van der Waals surface area (Å²) in [5.41, 5.74) is -0.116. The monoisotopic (exact) mass is 342 g/mol. The number of carbonyl (C=O) groups is 1. The first-order chi connectivity index (χ1) is 10.8. The zero-order valence-corrected chi connectivity index (χ0v) is 15.3. The summed E-state index contributed by atoms with van der Waals surface area (Å²) in [5.74, 6) is -1.31. The largest absolute Gasteiger partial charge is 1.00 e. The van der Waals surface area contributed by atoms with Crippen molar-refractivity contribution in [2.45, 2.75) is 0 Å². The van der Waals surface area contributed by atoms with E-state index < -0.39 is 17.2 Å². The maximum Gasteiger partial charge on any atom is 1.00 e. The maximum atomic E-state index is 11.3. The molecule has 0 bridgehead atoms. The van der Waals surface area contributed by atoms with Crippen LogP contribution >= 0.6 is 0 Å². The number of carboxylic acid groups (broad SMARTS) is 1. The van der Waals surface area contributed by atoms with Gasteiger partial charge in [0.25, 0.3) is 5.56 Å². The molecular formula is C14H15N4NaO5. The number of aromatic amines is 1. The summed E-state index contributed by atoms with van der Waals surface area (Å²) < 4.78 is 2.88. The molecule has 122 valence electrons. The molecule has 9 nitrogen and oxygen atoms in total. The van der Waals surface area contributed by atoms with E-state index in [4.69, 9.17) is 10.2 Å². The molecule has 0 aliphatic rings. The fourth-order valence-electron chi connectivity index (χ4n) is 1.92. The minimum absolute atomic E-state index is 0. The predicted molar refractivity (Wildman–Crippen MR) is 82.8 cm³/mol. The van der Waals surface area contributed by atoms with Gasteiger partial charge in [-0.2, -0.15) is 0 Å². The van der Waals surface area contributed by atoms with Crippen LogP contribution in [-0.2, 0) is 14.1 Å². The van der Waals surface area contributed by atoms with Gasteiger partial charge in [-0.1, -0.05) is 12.1 Å². The first-order valence-electron chi connectivity index (χ1n) is 6.44. The normalized spacial score (nSPS) is 9.75. The van der Waals surface area contributed by atoms with Crippen LogP contribution < -0.4 is 40.8 Å². The molecule has 0 saturated heterocycles. The Morgan fingerprint density at radius 2 is 1.88 bits per heavy atom. The van der Waals surface area contributed by atoms with Gasteiger partial charge in [-0.3, -0.25) is 14.3 Å². The first kappa shape index (κ1) is 19.7. The second-order valence-electron chi connectivity index (χ2n) is 4.67. The molecule has 0 fully saturated rings. The van der Waals surface area contributed by atoms with Crippen LogP contribution in [0.5, 0.6) is 5.75 Å². The van der Waals surface area contributed by atoms with E-state index in [0.717, 1.165) is 0 Å². The number of aromatic nitrogens is 4. The number of aryl methyl sites for hydroxylation is 2. The van der Waals surface area contributed by atoms with E-state index in [1.807, 2.05) is 0 Å². The van der Waals surface area contributed by atoms with Crippen molar-refractivity contribution in [3.05, 3.63) is 57.0 Å². The smallest absolute Gasteiger partial charge is 1.00 e. The number of hydrogen-bond donors (Lipinski definition) is 3. The average molecular weight is 342 g/mol. The summed E-state index contributed by atoms with van der Waals surface area (Å²) >= 11 is 0. The number of para-hydroxylation sites is 1. The molecule has 0 spiro atoms. The number of hydrogen-bond acceptors (Lipinski definition) is 5. The van der Waals surface area contributed by atoms with Gasteiger partial charge in [0.05, 0.1) is 6.33 Å². The number of fused-ring (bicyclic) bond motifs is 1. The summed E-state index contributed by atoms with van der Waals surface area (Å²) in [6, 6.07) is 5.81. The first-order valence-corrected chi connectivity index (χ1v) is 6.44. The molecular weight excluding hydrogens is 327 g/mol. The fourth-order valence-corrected chi connectivity index (χ4v) is 1.92. The number of aromatic carboxylic acids is 1. The molecule has 0 aliphatic heterocycles. The number of rotatable bonds is 1. The molecule has 0 aliphatic carbocycles. The Morgan fingerprint density at radius 3 is 2.42 bits per heavy atom. The Hall–Kier alpha value is -2.36. The minimum Gasteiger partial charge on any atom is -1.00 e. The minimum atomic E-state index is -1.11. The molecule has 0 unspecified atom stereocenters. The van der Waals surface area contributed by atoms with Crippen molar-refractivity contribution in [1.29, 1.82) is 0 Å². The van der Waals surface area contributed by atoms with Crippen molar-refractivity contribution in [2.24, 2.45) is 14.1 Å². The number of H-pyrrole nitrogens is 1. The molecule has 3 rings (SSSR count). The number of benzene rings is 1. The van der Waals surface area contributed by atoms with Crippen LogP contribution in [0.3, 0.4) is 0 Å². The Bertz CT molecular complexity index is 995. The van der Waals surface area contributed by atoms with Gasteiger partial charge in [0.2, 0.25) is 0 Å². The van der Waals surface area contributed by atoms with E-state index in [1.54, 1.807) is 30.8 Å². The van der Waals surface area contributed by atoms with Crippen LogP contribution in [0.1, 0.15) is 11.8 Å². The third kappa shape index (κ3) is 3.94. The molecule has 0 radical (unpaired) electrons. The van der Waals surface area contributed by atoms with Crippen molar-refractivity contribution in [2.75, 3.05) is 0 Å². The van der Waals surface area contributed by atoms with Gasteiger partial charge >= 0.3 is 41.2 Å². The summed E-state index contributed by atoms with van der Waals surface area (Å²) in [6.45, 7) is 0. The summed E-state index contributed by atoms with van der Waals surface area (Å²) in [7, 11) is 3.27. The van der Waals surface area contributed by atoms with E-state index in [0.29, 0.717) is 11.2 Å². The topological polar surface area (TPSA) is 130 Å². The third-order valence-electron chi connectivity index (χ3n) is 3.11. The zero-order valence-electron chi connectivity index (χ0n) is 14.3. The second kappa shape index (κ2) is 7.95. The standard InChI is InChI=1S/C7H8N4O2.C7H6O3.Na.H/c1-10-3-8-5-4(10)6(12)9-7(13)11(5)2;8-6-4-2-1-3-5(6)7(9)10;;/h3H,1-2H3,(H,9,12,13);1-4,8H,(H,9,10);;/q;;+1;-1.